The molecule has 0 aliphatic heterocycles. The molecule has 0 amide bonds. The molecule has 1 aliphatic rings. The fourth-order valence-electron chi connectivity index (χ4n) is 3.19. The van der Waals surface area contributed by atoms with Crippen LogP contribution >= 0.6 is 23.2 Å². The van der Waals surface area contributed by atoms with E-state index in [1.807, 2.05) is 25.2 Å². The summed E-state index contributed by atoms with van der Waals surface area (Å²) in [5.74, 6) is 0.362. The predicted octanol–water partition coefficient (Wildman–Crippen LogP) is 5.18. The van der Waals surface area contributed by atoms with E-state index in [0.717, 1.165) is 22.9 Å². The third-order valence-electron chi connectivity index (χ3n) is 4.17. The molecule has 0 aromatic heterocycles. The third-order valence-corrected chi connectivity index (χ3v) is 4.75. The highest BCUT2D eigenvalue weighted by atomic mass is 35.5. The number of hydrogen-bond donors (Lipinski definition) is 1. The summed E-state index contributed by atoms with van der Waals surface area (Å²) in [6.07, 6.45) is 2.20. The summed E-state index contributed by atoms with van der Waals surface area (Å²) in [6, 6.07) is 14.7. The molecule has 1 nitrogen and oxygen atoms in total. The second-order valence-electron chi connectivity index (χ2n) is 5.27. The average Bonchev–Trinajstić information content (AvgIpc) is 2.46. The van der Waals surface area contributed by atoms with E-state index in [1.54, 1.807) is 0 Å². The highest BCUT2D eigenvalue weighted by Crippen LogP contribution is 2.43. The molecule has 0 saturated carbocycles. The van der Waals surface area contributed by atoms with Gasteiger partial charge in [0.2, 0.25) is 0 Å². The second kappa shape index (κ2) is 5.77. The Morgan fingerprint density at radius 1 is 0.950 bits per heavy atom. The van der Waals surface area contributed by atoms with Crippen LogP contribution in [-0.4, -0.2) is 7.05 Å². The quantitative estimate of drug-likeness (QED) is 0.806. The smallest absolute Gasteiger partial charge is 0.0444 e. The van der Waals surface area contributed by atoms with Crippen LogP contribution in [0.25, 0.3) is 0 Å². The largest absolute Gasteiger partial charge is 0.313 e. The first-order valence-electron chi connectivity index (χ1n) is 6.91. The van der Waals surface area contributed by atoms with Gasteiger partial charge >= 0.3 is 0 Å². The van der Waals surface area contributed by atoms with Gasteiger partial charge in [-0.3, -0.25) is 0 Å². The Morgan fingerprint density at radius 2 is 1.75 bits per heavy atom. The Kier molecular flexibility index (Phi) is 4.02. The van der Waals surface area contributed by atoms with Gasteiger partial charge in [0.1, 0.15) is 0 Å². The van der Waals surface area contributed by atoms with Crippen molar-refractivity contribution in [2.24, 2.45) is 0 Å². The maximum Gasteiger partial charge on any atom is 0.0444 e. The lowest BCUT2D eigenvalue weighted by atomic mass is 9.77. The van der Waals surface area contributed by atoms with Gasteiger partial charge < -0.3 is 5.32 Å². The summed E-state index contributed by atoms with van der Waals surface area (Å²) in [6.45, 7) is 0. The normalized spacial score (nSPS) is 21.6. The molecular formula is C17H17Cl2N. The zero-order valence-electron chi connectivity index (χ0n) is 11.4. The van der Waals surface area contributed by atoms with Crippen LogP contribution in [0.2, 0.25) is 10.0 Å². The van der Waals surface area contributed by atoms with E-state index in [0.29, 0.717) is 12.0 Å². The lowest BCUT2D eigenvalue weighted by Gasteiger charge is -2.32. The van der Waals surface area contributed by atoms with E-state index in [2.05, 4.69) is 29.6 Å². The van der Waals surface area contributed by atoms with Crippen molar-refractivity contribution in [1.29, 1.82) is 0 Å². The Morgan fingerprint density at radius 3 is 2.50 bits per heavy atom. The van der Waals surface area contributed by atoms with E-state index in [-0.39, 0.29) is 0 Å². The molecule has 1 N–H and O–H groups in total. The van der Waals surface area contributed by atoms with Crippen LogP contribution in [0.3, 0.4) is 0 Å². The molecular weight excluding hydrogens is 289 g/mol. The van der Waals surface area contributed by atoms with E-state index >= 15 is 0 Å². The summed E-state index contributed by atoms with van der Waals surface area (Å²) in [7, 11) is 2.01. The van der Waals surface area contributed by atoms with Crippen molar-refractivity contribution in [3.05, 3.63) is 69.2 Å². The van der Waals surface area contributed by atoms with Gasteiger partial charge in [-0.1, -0.05) is 47.5 Å². The first-order chi connectivity index (χ1) is 9.70. The number of nitrogens with one attached hydrogen (secondary N) is 1. The fourth-order valence-corrected chi connectivity index (χ4v) is 3.64. The topological polar surface area (TPSA) is 12.0 Å². The minimum atomic E-state index is 0.362. The van der Waals surface area contributed by atoms with E-state index in [4.69, 9.17) is 23.2 Å². The summed E-state index contributed by atoms with van der Waals surface area (Å²) in [5.41, 5.74) is 3.86. The van der Waals surface area contributed by atoms with Gasteiger partial charge in [0, 0.05) is 22.0 Å². The number of hydrogen-bond acceptors (Lipinski definition) is 1. The molecule has 0 saturated heterocycles. The summed E-state index contributed by atoms with van der Waals surface area (Å²) >= 11 is 12.6. The number of benzene rings is 2. The van der Waals surface area contributed by atoms with Gasteiger partial charge in [-0.15, -0.1) is 0 Å². The molecule has 20 heavy (non-hydrogen) atoms. The zero-order valence-corrected chi connectivity index (χ0v) is 12.9. The van der Waals surface area contributed by atoms with Gasteiger partial charge in [-0.05, 0) is 54.8 Å². The van der Waals surface area contributed by atoms with Gasteiger partial charge in [0.15, 0.2) is 0 Å². The first kappa shape index (κ1) is 13.9. The molecule has 2 aromatic carbocycles. The Bertz CT molecular complexity index is 624. The monoisotopic (exact) mass is 305 g/mol. The van der Waals surface area contributed by atoms with Crippen LogP contribution in [0.5, 0.6) is 0 Å². The summed E-state index contributed by atoms with van der Waals surface area (Å²) in [5, 5.41) is 5.03. The van der Waals surface area contributed by atoms with Gasteiger partial charge in [0.05, 0.1) is 0 Å². The second-order valence-corrected chi connectivity index (χ2v) is 6.11. The standard InChI is InChI=1S/C17H17Cl2N/c1-20-17-9-8-12(14-4-2-3-5-16(14)19)13-7-6-11(18)10-15(13)17/h2-7,10,12,17,20H,8-9H2,1H3. The third kappa shape index (κ3) is 2.46. The average molecular weight is 306 g/mol. The lowest BCUT2D eigenvalue weighted by Crippen LogP contribution is -2.24. The molecule has 0 heterocycles. The minimum absolute atomic E-state index is 0.362. The minimum Gasteiger partial charge on any atom is -0.313 e. The van der Waals surface area contributed by atoms with Crippen LogP contribution < -0.4 is 5.32 Å². The van der Waals surface area contributed by atoms with Crippen LogP contribution in [0, 0.1) is 0 Å². The van der Waals surface area contributed by atoms with Crippen molar-refractivity contribution in [3.8, 4) is 0 Å². The Labute approximate surface area is 129 Å². The predicted molar refractivity (Wildman–Crippen MR) is 85.8 cm³/mol. The Hall–Kier alpha value is -1.02. The molecule has 3 heteroatoms. The maximum atomic E-state index is 6.38. The van der Waals surface area contributed by atoms with Gasteiger partial charge in [0.25, 0.3) is 0 Å². The fraction of sp³-hybridized carbons (Fsp3) is 0.294. The van der Waals surface area contributed by atoms with Crippen LogP contribution in [-0.2, 0) is 0 Å². The van der Waals surface area contributed by atoms with Crippen molar-refractivity contribution in [2.45, 2.75) is 24.8 Å². The SMILES string of the molecule is CNC1CCC(c2ccccc2Cl)c2ccc(Cl)cc21. The number of rotatable bonds is 2. The van der Waals surface area contributed by atoms with Crippen molar-refractivity contribution in [3.63, 3.8) is 0 Å². The summed E-state index contributed by atoms with van der Waals surface area (Å²) in [4.78, 5) is 0. The van der Waals surface area contributed by atoms with Crippen LogP contribution in [0.4, 0.5) is 0 Å². The molecule has 2 aromatic rings. The molecule has 0 fully saturated rings. The van der Waals surface area contributed by atoms with E-state index in [9.17, 15) is 0 Å². The van der Waals surface area contributed by atoms with Crippen molar-refractivity contribution < 1.29 is 0 Å². The molecule has 0 radical (unpaired) electrons. The van der Waals surface area contributed by atoms with E-state index in [1.165, 1.54) is 16.7 Å². The first-order valence-corrected chi connectivity index (χ1v) is 7.67. The van der Waals surface area contributed by atoms with Gasteiger partial charge in [-0.2, -0.15) is 0 Å². The van der Waals surface area contributed by atoms with Crippen LogP contribution in [0.15, 0.2) is 42.5 Å². The Balaban J connectivity index is 2.10. The van der Waals surface area contributed by atoms with Crippen LogP contribution in [0.1, 0.15) is 41.5 Å². The molecule has 0 bridgehead atoms. The zero-order chi connectivity index (χ0) is 14.1. The van der Waals surface area contributed by atoms with Crippen molar-refractivity contribution >= 4 is 23.2 Å². The number of fused-ring (bicyclic) bond motifs is 1. The summed E-state index contributed by atoms with van der Waals surface area (Å²) < 4.78 is 0. The molecule has 2 unspecified atom stereocenters. The lowest BCUT2D eigenvalue weighted by molar-refractivity contribution is 0.471. The maximum absolute atomic E-state index is 6.38. The molecule has 3 rings (SSSR count). The molecule has 2 atom stereocenters. The van der Waals surface area contributed by atoms with Crippen molar-refractivity contribution in [2.75, 3.05) is 7.05 Å². The van der Waals surface area contributed by atoms with Crippen molar-refractivity contribution in [1.82, 2.24) is 5.32 Å². The molecule has 0 spiro atoms. The number of halogens is 2. The van der Waals surface area contributed by atoms with E-state index < -0.39 is 0 Å². The molecule has 1 aliphatic carbocycles. The highest BCUT2D eigenvalue weighted by Gasteiger charge is 2.28. The molecule has 104 valence electrons. The highest BCUT2D eigenvalue weighted by molar-refractivity contribution is 6.31. The van der Waals surface area contributed by atoms with Gasteiger partial charge in [-0.25, -0.2) is 0 Å².